The third kappa shape index (κ3) is 3.42. The number of aromatic nitrogens is 2. The number of fused-ring (bicyclic) bond motifs is 1. The Kier molecular flexibility index (Phi) is 4.98. The van der Waals surface area contributed by atoms with Crippen molar-refractivity contribution in [2.24, 2.45) is 0 Å². The number of sulfonamides is 1. The van der Waals surface area contributed by atoms with Gasteiger partial charge < -0.3 is 4.90 Å². The molecule has 0 bridgehead atoms. The van der Waals surface area contributed by atoms with Crippen molar-refractivity contribution in [3.05, 3.63) is 46.9 Å². The van der Waals surface area contributed by atoms with Crippen LogP contribution in [0.25, 0.3) is 11.0 Å². The molecule has 0 radical (unpaired) electrons. The number of hydrogen-bond donors (Lipinski definition) is 0. The first kappa shape index (κ1) is 19.6. The number of thiophene rings is 1. The first-order chi connectivity index (χ1) is 14.0. The normalized spacial score (nSPS) is 20.0. The van der Waals surface area contributed by atoms with Crippen LogP contribution in [-0.4, -0.2) is 52.9 Å². The highest BCUT2D eigenvalue weighted by molar-refractivity contribution is 8.02. The number of hydrogen-bond acceptors (Lipinski definition) is 7. The van der Waals surface area contributed by atoms with Crippen molar-refractivity contribution in [3.63, 3.8) is 0 Å². The Labute approximate surface area is 182 Å². The van der Waals surface area contributed by atoms with Gasteiger partial charge in [-0.2, -0.15) is 4.31 Å². The van der Waals surface area contributed by atoms with E-state index in [-0.39, 0.29) is 0 Å². The van der Waals surface area contributed by atoms with Crippen molar-refractivity contribution >= 4 is 61.6 Å². The summed E-state index contributed by atoms with van der Waals surface area (Å²) < 4.78 is 29.0. The number of halogens is 1. The van der Waals surface area contributed by atoms with Crippen LogP contribution < -0.4 is 4.90 Å². The molecular formula is C19H19ClN4O2S3. The van der Waals surface area contributed by atoms with Gasteiger partial charge in [0.05, 0.1) is 26.4 Å². The molecule has 3 aromatic rings. The fraction of sp³-hybridized carbons (Fsp3) is 0.368. The molecule has 2 aliphatic rings. The van der Waals surface area contributed by atoms with Crippen LogP contribution in [0.4, 0.5) is 5.82 Å². The maximum absolute atomic E-state index is 13.2. The summed E-state index contributed by atoms with van der Waals surface area (Å²) >= 11 is 8.87. The maximum Gasteiger partial charge on any atom is 0.253 e. The lowest BCUT2D eigenvalue weighted by Gasteiger charge is -2.43. The van der Waals surface area contributed by atoms with Gasteiger partial charge in [-0.25, -0.2) is 13.4 Å². The van der Waals surface area contributed by atoms with Crippen LogP contribution in [0.5, 0.6) is 0 Å². The Morgan fingerprint density at radius 3 is 2.52 bits per heavy atom. The first-order valence-electron chi connectivity index (χ1n) is 9.37. The molecule has 5 rings (SSSR count). The molecule has 10 heteroatoms. The van der Waals surface area contributed by atoms with E-state index in [0.717, 1.165) is 59.9 Å². The summed E-state index contributed by atoms with van der Waals surface area (Å²) in [5.74, 6) is 1.66. The second-order valence-electron chi connectivity index (χ2n) is 7.13. The molecule has 0 N–H and O–H groups in total. The van der Waals surface area contributed by atoms with Crippen LogP contribution in [0.1, 0.15) is 12.8 Å². The van der Waals surface area contributed by atoms with Gasteiger partial charge in [0.1, 0.15) is 10.0 Å². The van der Waals surface area contributed by atoms with Crippen molar-refractivity contribution in [1.29, 1.82) is 0 Å². The van der Waals surface area contributed by atoms with Crippen molar-refractivity contribution in [2.45, 2.75) is 21.9 Å². The molecule has 2 fully saturated rings. The van der Waals surface area contributed by atoms with Crippen molar-refractivity contribution in [3.8, 4) is 0 Å². The smallest absolute Gasteiger partial charge is 0.253 e. The van der Waals surface area contributed by atoms with Crippen molar-refractivity contribution in [2.75, 3.05) is 30.3 Å². The van der Waals surface area contributed by atoms with E-state index in [4.69, 9.17) is 16.6 Å². The standard InChI is InChI=1S/C19H19ClN4O2S3/c20-16-5-6-18(28-16)29(25,26)24-11-12-27-19(24)7-9-23(10-8-19)17-13-21-14-3-1-2-4-15(14)22-17/h1-6,13H,7-12H2. The Bertz CT molecular complexity index is 1160. The second-order valence-corrected chi connectivity index (χ2v) is 12.4. The van der Waals surface area contributed by atoms with Gasteiger partial charge in [-0.1, -0.05) is 23.7 Å². The van der Waals surface area contributed by atoms with Crippen LogP contribution in [0.3, 0.4) is 0 Å². The van der Waals surface area contributed by atoms with E-state index in [9.17, 15) is 8.42 Å². The third-order valence-corrected chi connectivity index (χ3v) is 10.8. The minimum atomic E-state index is -3.54. The van der Waals surface area contributed by atoms with E-state index in [1.54, 1.807) is 28.2 Å². The van der Waals surface area contributed by atoms with Gasteiger partial charge in [0.25, 0.3) is 10.0 Å². The summed E-state index contributed by atoms with van der Waals surface area (Å²) in [4.78, 5) is 11.1. The minimum Gasteiger partial charge on any atom is -0.355 e. The molecule has 2 aliphatic heterocycles. The Morgan fingerprint density at radius 1 is 1.03 bits per heavy atom. The van der Waals surface area contributed by atoms with Crippen LogP contribution in [-0.2, 0) is 10.0 Å². The maximum atomic E-state index is 13.2. The first-order valence-corrected chi connectivity index (χ1v) is 13.0. The molecule has 0 saturated carbocycles. The van der Waals surface area contributed by atoms with Gasteiger partial charge in [0.2, 0.25) is 0 Å². The number of para-hydroxylation sites is 2. The fourth-order valence-electron chi connectivity index (χ4n) is 4.06. The van der Waals surface area contributed by atoms with Crippen LogP contribution in [0, 0.1) is 0 Å². The molecule has 0 aliphatic carbocycles. The molecule has 1 aromatic carbocycles. The fourth-order valence-corrected chi connectivity index (χ4v) is 9.27. The Morgan fingerprint density at radius 2 is 1.79 bits per heavy atom. The lowest BCUT2D eigenvalue weighted by Crippen LogP contribution is -2.52. The van der Waals surface area contributed by atoms with Gasteiger partial charge >= 0.3 is 0 Å². The summed E-state index contributed by atoms with van der Waals surface area (Å²) in [6.45, 7) is 2.03. The molecular weight excluding hydrogens is 448 g/mol. The minimum absolute atomic E-state index is 0.326. The van der Waals surface area contributed by atoms with Crippen LogP contribution in [0.2, 0.25) is 4.34 Å². The highest BCUT2D eigenvalue weighted by Crippen LogP contribution is 2.47. The van der Waals surface area contributed by atoms with Gasteiger partial charge in [-0.05, 0) is 37.1 Å². The number of nitrogens with zero attached hydrogens (tertiary/aromatic N) is 4. The molecule has 29 heavy (non-hydrogen) atoms. The summed E-state index contributed by atoms with van der Waals surface area (Å²) in [7, 11) is -3.54. The van der Waals surface area contributed by atoms with E-state index >= 15 is 0 Å². The number of piperidine rings is 1. The summed E-state index contributed by atoms with van der Waals surface area (Å²) in [5.41, 5.74) is 1.75. The summed E-state index contributed by atoms with van der Waals surface area (Å²) in [5, 5.41) is 0. The third-order valence-electron chi connectivity index (χ3n) is 5.52. The average molecular weight is 467 g/mol. The van der Waals surface area contributed by atoms with Crippen LogP contribution >= 0.6 is 34.7 Å². The number of anilines is 1. The number of benzene rings is 1. The predicted octanol–water partition coefficient (Wildman–Crippen LogP) is 4.08. The predicted molar refractivity (Wildman–Crippen MR) is 119 cm³/mol. The number of rotatable bonds is 3. The van der Waals surface area contributed by atoms with Gasteiger partial charge in [0.15, 0.2) is 0 Å². The molecule has 2 saturated heterocycles. The van der Waals surface area contributed by atoms with Crippen molar-refractivity contribution in [1.82, 2.24) is 14.3 Å². The highest BCUT2D eigenvalue weighted by atomic mass is 35.5. The molecule has 0 atom stereocenters. The molecule has 2 aromatic heterocycles. The SMILES string of the molecule is O=S(=O)(c1ccc(Cl)s1)N1CCSC12CCN(c1cnc3ccccc3n1)CC2. The monoisotopic (exact) mass is 466 g/mol. The lowest BCUT2D eigenvalue weighted by molar-refractivity contribution is 0.266. The Balaban J connectivity index is 1.38. The van der Waals surface area contributed by atoms with Crippen LogP contribution in [0.15, 0.2) is 46.8 Å². The molecule has 4 heterocycles. The molecule has 0 amide bonds. The van der Waals surface area contributed by atoms with Gasteiger partial charge in [0, 0.05) is 25.4 Å². The molecule has 6 nitrogen and oxygen atoms in total. The largest absolute Gasteiger partial charge is 0.355 e. The average Bonchev–Trinajstić information content (AvgIpc) is 3.36. The highest BCUT2D eigenvalue weighted by Gasteiger charge is 2.50. The summed E-state index contributed by atoms with van der Waals surface area (Å²) in [6, 6.07) is 11.1. The number of thioether (sulfide) groups is 1. The zero-order valence-corrected chi connectivity index (χ0v) is 18.7. The van der Waals surface area contributed by atoms with E-state index < -0.39 is 14.9 Å². The molecule has 1 spiro atoms. The quantitative estimate of drug-likeness (QED) is 0.579. The van der Waals surface area contributed by atoms with E-state index in [0.29, 0.717) is 15.1 Å². The zero-order chi connectivity index (χ0) is 20.1. The van der Waals surface area contributed by atoms with Gasteiger partial charge in [-0.3, -0.25) is 4.98 Å². The molecule has 152 valence electrons. The van der Waals surface area contributed by atoms with Crippen molar-refractivity contribution < 1.29 is 8.42 Å². The lowest BCUT2D eigenvalue weighted by atomic mass is 10.0. The van der Waals surface area contributed by atoms with E-state index in [2.05, 4.69) is 9.88 Å². The summed E-state index contributed by atoms with van der Waals surface area (Å²) in [6.07, 6.45) is 3.32. The zero-order valence-electron chi connectivity index (χ0n) is 15.5. The van der Waals surface area contributed by atoms with E-state index in [1.165, 1.54) is 0 Å². The Hall–Kier alpha value is -1.39. The van der Waals surface area contributed by atoms with E-state index in [1.807, 2.05) is 30.5 Å². The molecule has 0 unspecified atom stereocenters. The topological polar surface area (TPSA) is 66.4 Å². The second kappa shape index (κ2) is 7.39. The van der Waals surface area contributed by atoms with Gasteiger partial charge in [-0.15, -0.1) is 23.1 Å².